The lowest BCUT2D eigenvalue weighted by Gasteiger charge is -2.38. The van der Waals surface area contributed by atoms with E-state index in [0.717, 1.165) is 4.90 Å². The van der Waals surface area contributed by atoms with Crippen LogP contribution in [-0.4, -0.2) is 129 Å². The molecule has 20 heteroatoms. The van der Waals surface area contributed by atoms with Gasteiger partial charge in [0.05, 0.1) is 11.7 Å². The molecule has 2 heterocycles. The fourth-order valence-corrected chi connectivity index (χ4v) is 6.14. The number of carbonyl (C=O) groups is 6. The third kappa shape index (κ3) is 14.3. The van der Waals surface area contributed by atoms with E-state index >= 15 is 0 Å². The molecule has 0 aliphatic carbocycles. The minimum absolute atomic E-state index is 0.0120. The van der Waals surface area contributed by atoms with E-state index in [1.807, 2.05) is 0 Å². The minimum atomic E-state index is -4.45. The van der Waals surface area contributed by atoms with Crippen molar-refractivity contribution < 1.29 is 76.4 Å². The van der Waals surface area contributed by atoms with Crippen LogP contribution in [0, 0.1) is 5.92 Å². The van der Waals surface area contributed by atoms with Gasteiger partial charge < -0.3 is 45.3 Å². The van der Waals surface area contributed by atoms with Gasteiger partial charge in [0.1, 0.15) is 36.7 Å². The molecule has 7 N–H and O–H groups in total. The number of carboxylic acids is 1. The van der Waals surface area contributed by atoms with E-state index in [9.17, 15) is 62.2 Å². The van der Waals surface area contributed by atoms with Crippen LogP contribution in [0.15, 0.2) is 30.4 Å². The zero-order valence-corrected chi connectivity index (χ0v) is 31.3. The second kappa shape index (κ2) is 21.0. The molecule has 6 atom stereocenters. The molecule has 1 aromatic carbocycles. The van der Waals surface area contributed by atoms with Crippen LogP contribution in [0.5, 0.6) is 5.75 Å². The van der Waals surface area contributed by atoms with E-state index in [2.05, 4.69) is 10.6 Å². The Bertz CT molecular complexity index is 1660. The third-order valence-corrected chi connectivity index (χ3v) is 9.51. The first-order valence-electron chi connectivity index (χ1n) is 17.8. The number of hydrogen-bond donors (Lipinski definition) is 7. The number of amides is 4. The number of aliphatic hydroxyl groups is 3. The van der Waals surface area contributed by atoms with E-state index in [1.165, 1.54) is 18.2 Å². The predicted octanol–water partition coefficient (Wildman–Crippen LogP) is -0.656. The van der Waals surface area contributed by atoms with Gasteiger partial charge in [-0.15, -0.1) is 0 Å². The maximum atomic E-state index is 13.0. The van der Waals surface area contributed by atoms with Gasteiger partial charge >= 0.3 is 11.9 Å². The number of nitrogens with zero attached hydrogens (tertiary/aromatic N) is 1. The molecule has 1 saturated heterocycles. The molecule has 1 aromatic rings. The van der Waals surface area contributed by atoms with Crippen LogP contribution < -0.4 is 15.4 Å². The average molecular weight is 800 g/mol. The van der Waals surface area contributed by atoms with Gasteiger partial charge in [0.2, 0.25) is 18.1 Å². The van der Waals surface area contributed by atoms with Crippen molar-refractivity contribution in [3.63, 3.8) is 0 Å². The quantitative estimate of drug-likeness (QED) is 0.0332. The highest BCUT2D eigenvalue weighted by molar-refractivity contribution is 7.85. The Morgan fingerprint density at radius 3 is 2.25 bits per heavy atom. The third-order valence-electron chi connectivity index (χ3n) is 8.76. The highest BCUT2D eigenvalue weighted by Gasteiger charge is 2.48. The molecule has 0 spiro atoms. The largest absolute Gasteiger partial charge is 0.479 e. The number of ether oxygens (including phenoxy) is 3. The zero-order valence-electron chi connectivity index (χ0n) is 30.5. The number of esters is 1. The average Bonchev–Trinajstić information content (AvgIpc) is 3.44. The Kier molecular flexibility index (Phi) is 17.2. The topological polar surface area (TPSA) is 293 Å². The normalized spacial score (nSPS) is 21.7. The number of hydrogen-bond acceptors (Lipinski definition) is 14. The van der Waals surface area contributed by atoms with Crippen LogP contribution in [0.25, 0.3) is 0 Å². The van der Waals surface area contributed by atoms with Crippen molar-refractivity contribution in [3.05, 3.63) is 41.5 Å². The number of unbranched alkanes of at least 4 members (excludes halogenated alkanes) is 3. The first-order chi connectivity index (χ1) is 25.9. The molecule has 2 aliphatic rings. The van der Waals surface area contributed by atoms with E-state index in [1.54, 1.807) is 26.0 Å². The number of aliphatic hydroxyl groups excluding tert-OH is 3. The van der Waals surface area contributed by atoms with Crippen molar-refractivity contribution in [2.75, 3.05) is 18.8 Å². The molecule has 19 nitrogen and oxygen atoms in total. The highest BCUT2D eigenvalue weighted by Crippen LogP contribution is 2.27. The zero-order chi connectivity index (χ0) is 40.9. The van der Waals surface area contributed by atoms with E-state index in [4.69, 9.17) is 14.2 Å². The lowest BCUT2D eigenvalue weighted by molar-refractivity contribution is -0.271. The lowest BCUT2D eigenvalue weighted by Crippen LogP contribution is -2.61. The SMILES string of the molecule is CC(C)C(=O)OCc1ccc(O[C@@H]2O[C@H](C(=O)O)[C@@H](O)[C@H](O)[C@H]2O)cc1CCCCNC(=O)[C@H](CCS(=O)(=O)O)NC(=O)CCCCCN1C(=O)C=CC1=O. The first kappa shape index (κ1) is 44.9. The van der Waals surface area contributed by atoms with E-state index in [0.29, 0.717) is 49.7 Å². The van der Waals surface area contributed by atoms with Gasteiger partial charge in [-0.2, -0.15) is 8.42 Å². The van der Waals surface area contributed by atoms with Gasteiger partial charge in [-0.05, 0) is 61.8 Å². The molecule has 4 amide bonds. The number of carbonyl (C=O) groups excluding carboxylic acids is 5. The summed E-state index contributed by atoms with van der Waals surface area (Å²) in [6.07, 6.45) is -4.65. The van der Waals surface area contributed by atoms with Crippen molar-refractivity contribution in [2.24, 2.45) is 5.92 Å². The Morgan fingerprint density at radius 1 is 0.927 bits per heavy atom. The van der Waals surface area contributed by atoms with Gasteiger partial charge in [-0.3, -0.25) is 33.4 Å². The van der Waals surface area contributed by atoms with Gasteiger partial charge in [0.15, 0.2) is 6.10 Å². The first-order valence-corrected chi connectivity index (χ1v) is 19.4. The van der Waals surface area contributed by atoms with Crippen LogP contribution in [-0.2, 0) is 61.4 Å². The van der Waals surface area contributed by atoms with Crippen LogP contribution in [0.2, 0.25) is 0 Å². The summed E-state index contributed by atoms with van der Waals surface area (Å²) in [5.41, 5.74) is 1.21. The van der Waals surface area contributed by atoms with Crippen molar-refractivity contribution >= 4 is 45.7 Å². The Morgan fingerprint density at radius 2 is 1.62 bits per heavy atom. The van der Waals surface area contributed by atoms with Crippen LogP contribution in [0.3, 0.4) is 0 Å². The second-order valence-corrected chi connectivity index (χ2v) is 15.0. The lowest BCUT2D eigenvalue weighted by atomic mass is 9.99. The fraction of sp³-hybridized carbons (Fsp3) is 0.600. The molecule has 0 bridgehead atoms. The summed E-state index contributed by atoms with van der Waals surface area (Å²) in [7, 11) is -4.45. The maximum absolute atomic E-state index is 13.0. The number of aliphatic carboxylic acids is 1. The van der Waals surface area contributed by atoms with Gasteiger partial charge in [0.25, 0.3) is 21.9 Å². The predicted molar refractivity (Wildman–Crippen MR) is 189 cm³/mol. The summed E-state index contributed by atoms with van der Waals surface area (Å²) < 4.78 is 48.3. The Labute approximate surface area is 317 Å². The molecule has 0 unspecified atom stereocenters. The van der Waals surface area contributed by atoms with E-state index < -0.39 is 101 Å². The van der Waals surface area contributed by atoms with Crippen LogP contribution in [0.1, 0.15) is 69.9 Å². The number of imide groups is 1. The van der Waals surface area contributed by atoms with Crippen molar-refractivity contribution in [1.82, 2.24) is 15.5 Å². The second-order valence-electron chi connectivity index (χ2n) is 13.5. The summed E-state index contributed by atoms with van der Waals surface area (Å²) >= 11 is 0. The fourth-order valence-electron chi connectivity index (χ4n) is 5.61. The summed E-state index contributed by atoms with van der Waals surface area (Å²) in [5.74, 6) is -5.10. The number of nitrogens with one attached hydrogen (secondary N) is 2. The molecule has 3 rings (SSSR count). The van der Waals surface area contributed by atoms with Crippen molar-refractivity contribution in [1.29, 1.82) is 0 Å². The summed E-state index contributed by atoms with van der Waals surface area (Å²) in [4.78, 5) is 73.6. The number of aryl methyl sites for hydroxylation is 1. The molecule has 55 heavy (non-hydrogen) atoms. The monoisotopic (exact) mass is 799 g/mol. The molecule has 0 aromatic heterocycles. The molecular weight excluding hydrogens is 750 g/mol. The Hall–Kier alpha value is -4.47. The minimum Gasteiger partial charge on any atom is -0.479 e. The van der Waals surface area contributed by atoms with Crippen LogP contribution in [0.4, 0.5) is 0 Å². The number of benzene rings is 1. The van der Waals surface area contributed by atoms with Crippen molar-refractivity contribution in [3.8, 4) is 5.75 Å². The smallest absolute Gasteiger partial charge is 0.335 e. The van der Waals surface area contributed by atoms with E-state index in [-0.39, 0.29) is 31.9 Å². The summed E-state index contributed by atoms with van der Waals surface area (Å²) in [6, 6.07) is 3.33. The molecule has 0 radical (unpaired) electrons. The Balaban J connectivity index is 1.56. The summed E-state index contributed by atoms with van der Waals surface area (Å²) in [6.45, 7) is 3.55. The number of rotatable bonds is 22. The van der Waals surface area contributed by atoms with Gasteiger partial charge in [-0.1, -0.05) is 26.3 Å². The maximum Gasteiger partial charge on any atom is 0.335 e. The van der Waals surface area contributed by atoms with Gasteiger partial charge in [-0.25, -0.2) is 4.79 Å². The number of carboxylic acid groups (broad SMARTS) is 1. The summed E-state index contributed by atoms with van der Waals surface area (Å²) in [5, 5.41) is 45.0. The molecule has 1 fully saturated rings. The van der Waals surface area contributed by atoms with Crippen LogP contribution >= 0.6 is 0 Å². The molecule has 2 aliphatic heterocycles. The standard InChI is InChI=1S/C35H49N3O16S/c1-20(2)34(48)52-19-22-10-11-23(53-35-30(44)28(42)29(43)31(54-35)33(46)47)18-21(22)8-5-6-15-36-32(45)24(14-17-55(49,50)51)37-25(39)9-4-3-7-16-38-26(40)12-13-27(38)41/h10-13,18,20,24,28-31,35,42-44H,3-9,14-17,19H2,1-2H3,(H,36,45)(H,37,39)(H,46,47)(H,49,50,51)/t24-,28-,29-,30+,31-,35+/m0/s1. The van der Waals surface area contributed by atoms with Gasteiger partial charge in [0, 0.05) is 31.7 Å². The molecule has 306 valence electrons. The molecule has 0 saturated carbocycles. The highest BCUT2D eigenvalue weighted by atomic mass is 32.2. The molecular formula is C35H49N3O16S. The van der Waals surface area contributed by atoms with Crippen molar-refractivity contribution in [2.45, 2.75) is 109 Å².